The van der Waals surface area contributed by atoms with Crippen LogP contribution in [0.3, 0.4) is 0 Å². The summed E-state index contributed by atoms with van der Waals surface area (Å²) < 4.78 is 13.4. The molecule has 0 bridgehead atoms. The zero-order valence-corrected chi connectivity index (χ0v) is 25.9. The number of nitrogens with zero attached hydrogens (tertiary/aromatic N) is 2. The van der Waals surface area contributed by atoms with Crippen molar-refractivity contribution in [3.05, 3.63) is 130 Å². The first-order valence-electron chi connectivity index (χ1n) is 15.1. The number of hydrogen-bond donors (Lipinski definition) is 2. The van der Waals surface area contributed by atoms with Crippen molar-refractivity contribution in [3.63, 3.8) is 0 Å². The lowest BCUT2D eigenvalue weighted by atomic mass is 9.95. The zero-order valence-electron chi connectivity index (χ0n) is 25.1. The Labute approximate surface area is 268 Å². The third-order valence-corrected chi connectivity index (χ3v) is 8.37. The summed E-state index contributed by atoms with van der Waals surface area (Å²) in [4.78, 5) is 44.3. The molecular formula is C36H36ClFN4O3. The highest BCUT2D eigenvalue weighted by Gasteiger charge is 2.27. The topological polar surface area (TPSA) is 81.8 Å². The van der Waals surface area contributed by atoms with Gasteiger partial charge in [-0.2, -0.15) is 0 Å². The molecule has 1 fully saturated rings. The largest absolute Gasteiger partial charge is 0.369 e. The molecule has 4 aromatic carbocycles. The molecular weight excluding hydrogens is 591 g/mol. The van der Waals surface area contributed by atoms with E-state index in [0.29, 0.717) is 60.1 Å². The highest BCUT2D eigenvalue weighted by atomic mass is 35.5. The lowest BCUT2D eigenvalue weighted by Crippen LogP contribution is -2.38. The van der Waals surface area contributed by atoms with Gasteiger partial charge < -0.3 is 20.4 Å². The van der Waals surface area contributed by atoms with Crippen LogP contribution in [0.15, 0.2) is 97.1 Å². The van der Waals surface area contributed by atoms with E-state index >= 15 is 0 Å². The van der Waals surface area contributed by atoms with E-state index in [2.05, 4.69) is 15.5 Å². The number of halogens is 2. The van der Waals surface area contributed by atoms with Gasteiger partial charge in [0.15, 0.2) is 0 Å². The molecule has 0 unspecified atom stereocenters. The summed E-state index contributed by atoms with van der Waals surface area (Å²) in [6.07, 6.45) is 1.45. The molecule has 0 radical (unpaired) electrons. The predicted octanol–water partition coefficient (Wildman–Crippen LogP) is 6.89. The number of carbonyl (C=O) groups is 3. The molecule has 1 saturated heterocycles. The fourth-order valence-corrected chi connectivity index (χ4v) is 5.85. The van der Waals surface area contributed by atoms with E-state index in [1.165, 1.54) is 12.1 Å². The summed E-state index contributed by atoms with van der Waals surface area (Å²) >= 11 is 6.23. The van der Waals surface area contributed by atoms with Crippen LogP contribution in [0.4, 0.5) is 15.8 Å². The van der Waals surface area contributed by atoms with E-state index < -0.39 is 0 Å². The molecule has 0 spiro atoms. The number of rotatable bonds is 9. The average molecular weight is 627 g/mol. The summed E-state index contributed by atoms with van der Waals surface area (Å²) in [7, 11) is 0. The van der Waals surface area contributed by atoms with Crippen LogP contribution in [0.5, 0.6) is 0 Å². The fraction of sp³-hybridized carbons (Fsp3) is 0.250. The summed E-state index contributed by atoms with van der Waals surface area (Å²) in [6, 6.07) is 27.8. The standard InChI is InChI=1S/C36H36ClFN4O3/c1-2-29(26-9-4-3-5-10-26)36(45)42-20-8-19-41(21-22-42)33-18-17-28(40-35(44)30-11-6-7-12-32(30)37)23-31(33)34(43)39-24-25-13-15-27(38)16-14-25/h3-7,9-18,23,29H,2,8,19-22,24H2,1H3,(H,39,43)(H,40,44)/t29-/m0/s1. The Kier molecular flexibility index (Phi) is 10.5. The van der Waals surface area contributed by atoms with Gasteiger partial charge in [0.1, 0.15) is 5.82 Å². The van der Waals surface area contributed by atoms with Gasteiger partial charge in [-0.15, -0.1) is 0 Å². The minimum Gasteiger partial charge on any atom is -0.369 e. The van der Waals surface area contributed by atoms with Gasteiger partial charge in [-0.3, -0.25) is 14.4 Å². The minimum atomic E-state index is -0.390. The molecule has 7 nitrogen and oxygen atoms in total. The van der Waals surface area contributed by atoms with Gasteiger partial charge in [-0.25, -0.2) is 4.39 Å². The van der Waals surface area contributed by atoms with E-state index in [1.54, 1.807) is 48.5 Å². The number of anilines is 2. The van der Waals surface area contributed by atoms with E-state index in [1.807, 2.05) is 48.2 Å². The Balaban J connectivity index is 1.37. The SMILES string of the molecule is CC[C@H](C(=O)N1CCCN(c2ccc(NC(=O)c3ccccc3Cl)cc2C(=O)NCc2ccc(F)cc2)CC1)c1ccccc1. The molecule has 3 amide bonds. The minimum absolute atomic E-state index is 0.112. The maximum atomic E-state index is 13.6. The lowest BCUT2D eigenvalue weighted by Gasteiger charge is -2.28. The summed E-state index contributed by atoms with van der Waals surface area (Å²) in [5.41, 5.74) is 3.61. The van der Waals surface area contributed by atoms with E-state index in [-0.39, 0.29) is 36.0 Å². The van der Waals surface area contributed by atoms with Crippen molar-refractivity contribution in [2.45, 2.75) is 32.2 Å². The number of hydrogen-bond acceptors (Lipinski definition) is 4. The second-order valence-corrected chi connectivity index (χ2v) is 11.4. The van der Waals surface area contributed by atoms with Crippen molar-refractivity contribution in [1.29, 1.82) is 0 Å². The van der Waals surface area contributed by atoms with E-state index in [0.717, 1.165) is 17.5 Å². The molecule has 0 aromatic heterocycles. The second-order valence-electron chi connectivity index (χ2n) is 11.0. The summed E-state index contributed by atoms with van der Waals surface area (Å²) in [5.74, 6) is -1.17. The van der Waals surface area contributed by atoms with Gasteiger partial charge in [-0.05, 0) is 66.4 Å². The molecule has 232 valence electrons. The molecule has 1 atom stereocenters. The number of amides is 3. The monoisotopic (exact) mass is 626 g/mol. The van der Waals surface area contributed by atoms with Gasteiger partial charge in [0.25, 0.3) is 11.8 Å². The van der Waals surface area contributed by atoms with Gasteiger partial charge in [0, 0.05) is 44.1 Å². The maximum absolute atomic E-state index is 13.6. The normalized spacial score (nSPS) is 13.9. The summed E-state index contributed by atoms with van der Waals surface area (Å²) in [6.45, 7) is 4.56. The molecule has 5 rings (SSSR count). The van der Waals surface area contributed by atoms with Crippen molar-refractivity contribution >= 4 is 40.7 Å². The van der Waals surface area contributed by atoms with Crippen LogP contribution in [0.25, 0.3) is 0 Å². The van der Waals surface area contributed by atoms with E-state index in [4.69, 9.17) is 11.6 Å². The first kappa shape index (κ1) is 31.7. The van der Waals surface area contributed by atoms with Crippen molar-refractivity contribution in [2.24, 2.45) is 0 Å². The molecule has 9 heteroatoms. The first-order chi connectivity index (χ1) is 21.8. The Bertz CT molecular complexity index is 1650. The van der Waals surface area contributed by atoms with Crippen LogP contribution in [-0.2, 0) is 11.3 Å². The fourth-order valence-electron chi connectivity index (χ4n) is 5.63. The molecule has 4 aromatic rings. The van der Waals surface area contributed by atoms with Crippen LogP contribution in [0, 0.1) is 5.82 Å². The van der Waals surface area contributed by atoms with Gasteiger partial charge in [0.05, 0.1) is 22.1 Å². The van der Waals surface area contributed by atoms with Crippen LogP contribution in [0.1, 0.15) is 57.5 Å². The van der Waals surface area contributed by atoms with Gasteiger partial charge in [-0.1, -0.05) is 73.1 Å². The van der Waals surface area contributed by atoms with Crippen LogP contribution in [0.2, 0.25) is 5.02 Å². The maximum Gasteiger partial charge on any atom is 0.257 e. The Hall–Kier alpha value is -4.69. The molecule has 1 aliphatic heterocycles. The molecule has 2 N–H and O–H groups in total. The van der Waals surface area contributed by atoms with Crippen molar-refractivity contribution in [1.82, 2.24) is 10.2 Å². The molecule has 1 aliphatic rings. The van der Waals surface area contributed by atoms with Crippen LogP contribution in [-0.4, -0.2) is 48.8 Å². The highest BCUT2D eigenvalue weighted by molar-refractivity contribution is 6.34. The Morgan fingerprint density at radius 3 is 2.29 bits per heavy atom. The summed E-state index contributed by atoms with van der Waals surface area (Å²) in [5, 5.41) is 6.11. The number of benzene rings is 4. The first-order valence-corrected chi connectivity index (χ1v) is 15.5. The van der Waals surface area contributed by atoms with Crippen molar-refractivity contribution in [2.75, 3.05) is 36.4 Å². The van der Waals surface area contributed by atoms with Crippen LogP contribution < -0.4 is 15.5 Å². The van der Waals surface area contributed by atoms with Gasteiger partial charge in [0.2, 0.25) is 5.91 Å². The number of nitrogens with one attached hydrogen (secondary N) is 2. The zero-order chi connectivity index (χ0) is 31.8. The number of carbonyl (C=O) groups excluding carboxylic acids is 3. The van der Waals surface area contributed by atoms with Gasteiger partial charge >= 0.3 is 0 Å². The van der Waals surface area contributed by atoms with E-state index in [9.17, 15) is 18.8 Å². The smallest absolute Gasteiger partial charge is 0.257 e. The van der Waals surface area contributed by atoms with Crippen molar-refractivity contribution < 1.29 is 18.8 Å². The molecule has 1 heterocycles. The Morgan fingerprint density at radius 1 is 0.822 bits per heavy atom. The molecule has 45 heavy (non-hydrogen) atoms. The molecule has 0 saturated carbocycles. The van der Waals surface area contributed by atoms with Crippen molar-refractivity contribution in [3.8, 4) is 0 Å². The predicted molar refractivity (Wildman–Crippen MR) is 176 cm³/mol. The highest BCUT2D eigenvalue weighted by Crippen LogP contribution is 2.28. The average Bonchev–Trinajstić information content (AvgIpc) is 3.32. The lowest BCUT2D eigenvalue weighted by molar-refractivity contribution is -0.132. The third-order valence-electron chi connectivity index (χ3n) is 8.04. The Morgan fingerprint density at radius 2 is 1.56 bits per heavy atom. The third kappa shape index (κ3) is 7.88. The van der Waals surface area contributed by atoms with Crippen LogP contribution >= 0.6 is 11.6 Å². The molecule has 0 aliphatic carbocycles. The second kappa shape index (κ2) is 14.9. The quantitative estimate of drug-likeness (QED) is 0.212.